The van der Waals surface area contributed by atoms with Crippen molar-refractivity contribution in [1.29, 1.82) is 0 Å². The molecule has 284 valence electrons. The number of aromatic nitrogens is 3. The van der Waals surface area contributed by atoms with Crippen LogP contribution in [0.4, 0.5) is 37.0 Å². The molecule has 2 heterocycles. The summed E-state index contributed by atoms with van der Waals surface area (Å²) in [7, 11) is -3.75. The molecule has 5 rings (SSSR count). The van der Waals surface area contributed by atoms with Gasteiger partial charge in [-0.25, -0.2) is 31.4 Å². The fraction of sp³-hybridized carbons (Fsp3) is 0.417. The summed E-state index contributed by atoms with van der Waals surface area (Å²) >= 11 is 6.46. The van der Waals surface area contributed by atoms with Gasteiger partial charge in [0, 0.05) is 36.3 Å². The van der Waals surface area contributed by atoms with E-state index in [2.05, 4.69) is 22.3 Å². The summed E-state index contributed by atoms with van der Waals surface area (Å²) < 4.78 is 116. The monoisotopic (exact) mass is 783 g/mol. The number of carbonyl (C=O) groups is 1. The molecule has 9 nitrogen and oxygen atoms in total. The molecule has 2 atom stereocenters. The van der Waals surface area contributed by atoms with Crippen LogP contribution in [0.5, 0.6) is 0 Å². The maximum atomic E-state index is 15.6. The normalized spacial score (nSPS) is 15.5. The van der Waals surface area contributed by atoms with Crippen molar-refractivity contribution in [2.75, 3.05) is 12.0 Å². The lowest BCUT2D eigenvalue weighted by molar-refractivity contribution is -0.141. The molecule has 1 amide bonds. The van der Waals surface area contributed by atoms with E-state index in [1.807, 2.05) is 0 Å². The molecule has 0 radical (unpaired) electrons. The van der Waals surface area contributed by atoms with Gasteiger partial charge in [-0.1, -0.05) is 23.6 Å². The SMILES string of the molecule is CC(C)(C)OC(=O)N[C@@H](Cc1cc(F)cc(F)c1)c1nc(C#CC(C)(C)S(C)(=O)=O)c2c(c1-c1ccc(Cl)c3c(N)nn(CC(F)(F)F)c13)C[C@H](F)C2. The smallest absolute Gasteiger partial charge is 0.408 e. The number of rotatable bonds is 7. The summed E-state index contributed by atoms with van der Waals surface area (Å²) in [5, 5.41) is 6.52. The molecule has 0 spiro atoms. The maximum Gasteiger partial charge on any atom is 0.408 e. The van der Waals surface area contributed by atoms with Gasteiger partial charge >= 0.3 is 12.3 Å². The summed E-state index contributed by atoms with van der Waals surface area (Å²) in [4.78, 5) is 18.1. The molecule has 1 aliphatic rings. The lowest BCUT2D eigenvalue weighted by Gasteiger charge is -2.27. The van der Waals surface area contributed by atoms with Crippen molar-refractivity contribution in [3.8, 4) is 23.0 Å². The van der Waals surface area contributed by atoms with Gasteiger partial charge in [-0.3, -0.25) is 4.68 Å². The van der Waals surface area contributed by atoms with Crippen LogP contribution < -0.4 is 11.1 Å². The topological polar surface area (TPSA) is 129 Å². The van der Waals surface area contributed by atoms with E-state index in [9.17, 15) is 35.2 Å². The average Bonchev–Trinajstić information content (AvgIpc) is 3.52. The zero-order chi connectivity index (χ0) is 39.4. The van der Waals surface area contributed by atoms with Gasteiger partial charge in [-0.2, -0.15) is 18.3 Å². The lowest BCUT2D eigenvalue weighted by Crippen LogP contribution is -2.36. The fourth-order valence-electron chi connectivity index (χ4n) is 6.04. The number of hydrogen-bond donors (Lipinski definition) is 2. The van der Waals surface area contributed by atoms with E-state index in [0.717, 1.165) is 18.4 Å². The molecule has 1 aliphatic carbocycles. The highest BCUT2D eigenvalue weighted by Gasteiger charge is 2.37. The minimum absolute atomic E-state index is 0.0306. The van der Waals surface area contributed by atoms with Crippen molar-refractivity contribution >= 4 is 44.3 Å². The molecular formula is C36H36ClF6N5O4S. The number of nitrogens with two attached hydrogens (primary N) is 1. The van der Waals surface area contributed by atoms with Crippen LogP contribution in [0.3, 0.4) is 0 Å². The molecule has 53 heavy (non-hydrogen) atoms. The Morgan fingerprint density at radius 3 is 2.30 bits per heavy atom. The molecule has 17 heteroatoms. The molecular weight excluding hydrogens is 748 g/mol. The number of benzene rings is 2. The predicted molar refractivity (Wildman–Crippen MR) is 189 cm³/mol. The number of fused-ring (bicyclic) bond motifs is 2. The zero-order valence-electron chi connectivity index (χ0n) is 29.5. The number of nitrogens with one attached hydrogen (secondary N) is 1. The van der Waals surface area contributed by atoms with Crippen molar-refractivity contribution in [3.05, 3.63) is 75.1 Å². The Bertz CT molecular complexity index is 2270. The third-order valence-electron chi connectivity index (χ3n) is 8.55. The van der Waals surface area contributed by atoms with Gasteiger partial charge < -0.3 is 15.8 Å². The van der Waals surface area contributed by atoms with Crippen LogP contribution in [0.2, 0.25) is 5.02 Å². The molecule has 2 aromatic carbocycles. The number of alkyl carbamates (subject to hydrolysis) is 1. The van der Waals surface area contributed by atoms with Crippen LogP contribution in [-0.2, 0) is 40.4 Å². The Labute approximate surface area is 307 Å². The Morgan fingerprint density at radius 1 is 1.09 bits per heavy atom. The Hall–Kier alpha value is -4.49. The molecule has 0 saturated carbocycles. The number of halogens is 7. The molecule has 2 aromatic heterocycles. The van der Waals surface area contributed by atoms with Gasteiger partial charge in [0.05, 0.1) is 27.7 Å². The first-order valence-corrected chi connectivity index (χ1v) is 18.5. The highest BCUT2D eigenvalue weighted by atomic mass is 35.5. The van der Waals surface area contributed by atoms with Crippen LogP contribution in [0, 0.1) is 23.5 Å². The Kier molecular flexibility index (Phi) is 10.5. The number of nitrogens with zero attached hydrogens (tertiary/aromatic N) is 3. The van der Waals surface area contributed by atoms with Crippen LogP contribution in [0.25, 0.3) is 22.0 Å². The van der Waals surface area contributed by atoms with Gasteiger partial charge in [0.25, 0.3) is 0 Å². The number of anilines is 1. The molecule has 0 fully saturated rings. The first kappa shape index (κ1) is 39.7. The quantitative estimate of drug-likeness (QED) is 0.146. The number of ether oxygens (including phenoxy) is 1. The lowest BCUT2D eigenvalue weighted by atomic mass is 9.88. The Balaban J connectivity index is 1.91. The summed E-state index contributed by atoms with van der Waals surface area (Å²) in [5.74, 6) is 3.28. The number of amides is 1. The number of pyridine rings is 1. The first-order valence-electron chi connectivity index (χ1n) is 16.2. The van der Waals surface area contributed by atoms with Crippen molar-refractivity contribution in [1.82, 2.24) is 20.1 Å². The van der Waals surface area contributed by atoms with Crippen LogP contribution in [0.1, 0.15) is 68.7 Å². The van der Waals surface area contributed by atoms with Crippen molar-refractivity contribution in [2.45, 2.75) is 89.2 Å². The second-order valence-corrected chi connectivity index (χ2v) is 17.3. The van der Waals surface area contributed by atoms with Crippen LogP contribution >= 0.6 is 11.6 Å². The highest BCUT2D eigenvalue weighted by Crippen LogP contribution is 2.45. The average molecular weight is 784 g/mol. The van der Waals surface area contributed by atoms with Gasteiger partial charge in [-0.15, -0.1) is 0 Å². The molecule has 3 N–H and O–H groups in total. The van der Waals surface area contributed by atoms with E-state index >= 15 is 4.39 Å². The van der Waals surface area contributed by atoms with E-state index < -0.39 is 62.8 Å². The van der Waals surface area contributed by atoms with Gasteiger partial charge in [0.15, 0.2) is 15.7 Å². The van der Waals surface area contributed by atoms with E-state index in [-0.39, 0.29) is 80.2 Å². The summed E-state index contributed by atoms with van der Waals surface area (Å²) in [6.07, 6.45) is -7.17. The summed E-state index contributed by atoms with van der Waals surface area (Å²) in [5.41, 5.74) is 5.37. The molecule has 4 aromatic rings. The van der Waals surface area contributed by atoms with Gasteiger partial charge in [-0.05, 0) is 81.8 Å². The van der Waals surface area contributed by atoms with Crippen molar-refractivity contribution < 1.29 is 44.3 Å². The molecule has 0 bridgehead atoms. The second-order valence-electron chi connectivity index (χ2n) is 14.4. The second kappa shape index (κ2) is 14.1. The molecule has 0 aliphatic heterocycles. The van der Waals surface area contributed by atoms with Crippen molar-refractivity contribution in [2.24, 2.45) is 0 Å². The minimum Gasteiger partial charge on any atom is -0.444 e. The third-order valence-corrected chi connectivity index (χ3v) is 10.8. The van der Waals surface area contributed by atoms with Gasteiger partial charge in [0.1, 0.15) is 40.4 Å². The number of hydrogen-bond acceptors (Lipinski definition) is 7. The Morgan fingerprint density at radius 2 is 1.72 bits per heavy atom. The number of alkyl halides is 4. The summed E-state index contributed by atoms with van der Waals surface area (Å²) in [6.45, 7) is 5.93. The van der Waals surface area contributed by atoms with Gasteiger partial charge in [0.2, 0.25) is 0 Å². The highest BCUT2D eigenvalue weighted by molar-refractivity contribution is 7.92. The van der Waals surface area contributed by atoms with E-state index in [1.165, 1.54) is 26.0 Å². The first-order chi connectivity index (χ1) is 24.3. The van der Waals surface area contributed by atoms with Crippen LogP contribution in [0.15, 0.2) is 30.3 Å². The maximum absolute atomic E-state index is 15.6. The summed E-state index contributed by atoms with van der Waals surface area (Å²) in [6, 6.07) is 4.09. The third kappa shape index (κ3) is 8.84. The zero-order valence-corrected chi connectivity index (χ0v) is 31.0. The fourth-order valence-corrected chi connectivity index (χ4v) is 6.52. The molecule has 0 saturated heterocycles. The van der Waals surface area contributed by atoms with E-state index in [0.29, 0.717) is 10.7 Å². The minimum atomic E-state index is -4.77. The van der Waals surface area contributed by atoms with E-state index in [4.69, 9.17) is 27.1 Å². The van der Waals surface area contributed by atoms with Crippen molar-refractivity contribution in [3.63, 3.8) is 0 Å². The predicted octanol–water partition coefficient (Wildman–Crippen LogP) is 7.59. The standard InChI is InChI=1S/C36H36ClF6N5O4S/c1-34(2,3)52-33(49)46-27(13-18-11-19(38)14-20(39)12-18)30-28(22-7-8-25(37)29-31(22)48(47-32(29)44)17-36(41,42)43)24-16-21(40)15-23(24)26(45-30)9-10-35(4,5)53(6,50)51/h7-8,11-12,14,21,27H,13,15-17H2,1-6H3,(H2,44,47)(H,46,49)/t21-,27+/m1/s1. The number of sulfone groups is 1. The molecule has 0 unspecified atom stereocenters. The van der Waals surface area contributed by atoms with E-state index in [1.54, 1.807) is 20.8 Å². The largest absolute Gasteiger partial charge is 0.444 e. The van der Waals surface area contributed by atoms with Crippen LogP contribution in [-0.4, -0.2) is 58.2 Å². The number of nitrogen functional groups attached to an aromatic ring is 1. The number of carbonyl (C=O) groups excluding carboxylic acids is 1.